The molecule has 0 atom stereocenters. The van der Waals surface area contributed by atoms with Gasteiger partial charge in [0.05, 0.1) is 6.61 Å². The van der Waals surface area contributed by atoms with E-state index >= 15 is 0 Å². The number of ether oxygens (including phenoxy) is 1. The number of rotatable bonds is 7. The van der Waals surface area contributed by atoms with Crippen LogP contribution in [-0.4, -0.2) is 36.1 Å². The van der Waals surface area contributed by atoms with Crippen LogP contribution in [0.15, 0.2) is 24.3 Å². The molecule has 1 aromatic rings. The third-order valence-electron chi connectivity index (χ3n) is 3.21. The first kappa shape index (κ1) is 13.3. The monoisotopic (exact) mass is 264 g/mol. The molecule has 0 aromatic heterocycles. The van der Waals surface area contributed by atoms with E-state index in [0.717, 1.165) is 36.9 Å². The van der Waals surface area contributed by atoms with Crippen molar-refractivity contribution in [2.45, 2.75) is 25.3 Å². The molecule has 0 saturated heterocycles. The van der Waals surface area contributed by atoms with Crippen molar-refractivity contribution in [3.63, 3.8) is 0 Å². The fraction of sp³-hybridized carbons (Fsp3) is 0.500. The van der Waals surface area contributed by atoms with E-state index in [1.165, 1.54) is 12.8 Å². The average Bonchev–Trinajstić information content (AvgIpc) is 3.19. The molecule has 1 fully saturated rings. The van der Waals surface area contributed by atoms with Gasteiger partial charge < -0.3 is 15.4 Å². The Morgan fingerprint density at radius 2 is 2.28 bits per heavy atom. The molecule has 1 aromatic carbocycles. The molecule has 0 aliphatic heterocycles. The SMILES string of the molecule is CN(CCCOc1cccc(C(N)=S)c1)C1CC1. The molecule has 0 spiro atoms. The van der Waals surface area contributed by atoms with Crippen molar-refractivity contribution < 1.29 is 4.74 Å². The molecule has 0 amide bonds. The fourth-order valence-electron chi connectivity index (χ4n) is 1.94. The minimum atomic E-state index is 0.411. The first-order chi connectivity index (χ1) is 8.66. The van der Waals surface area contributed by atoms with Crippen LogP contribution >= 0.6 is 12.2 Å². The highest BCUT2D eigenvalue weighted by atomic mass is 32.1. The predicted octanol–water partition coefficient (Wildman–Crippen LogP) is 2.18. The summed E-state index contributed by atoms with van der Waals surface area (Å²) in [6.07, 6.45) is 3.75. The molecule has 0 unspecified atom stereocenters. The molecule has 0 heterocycles. The maximum absolute atomic E-state index is 5.71. The van der Waals surface area contributed by atoms with E-state index in [4.69, 9.17) is 22.7 Å². The summed E-state index contributed by atoms with van der Waals surface area (Å²) >= 11 is 4.94. The zero-order chi connectivity index (χ0) is 13.0. The smallest absolute Gasteiger partial charge is 0.119 e. The van der Waals surface area contributed by atoms with E-state index in [1.54, 1.807) is 0 Å². The van der Waals surface area contributed by atoms with Crippen LogP contribution in [0.25, 0.3) is 0 Å². The Morgan fingerprint density at radius 1 is 1.50 bits per heavy atom. The molecule has 4 heteroatoms. The summed E-state index contributed by atoms with van der Waals surface area (Å²) in [5.74, 6) is 0.842. The van der Waals surface area contributed by atoms with Gasteiger partial charge in [0.2, 0.25) is 0 Å². The second kappa shape index (κ2) is 6.16. The zero-order valence-corrected chi connectivity index (χ0v) is 11.6. The highest BCUT2D eigenvalue weighted by Crippen LogP contribution is 2.25. The van der Waals surface area contributed by atoms with Crippen molar-refractivity contribution in [1.29, 1.82) is 0 Å². The van der Waals surface area contributed by atoms with Crippen molar-refractivity contribution >= 4 is 17.2 Å². The van der Waals surface area contributed by atoms with Gasteiger partial charge in [0, 0.05) is 18.2 Å². The second-order valence-corrected chi connectivity index (χ2v) is 5.25. The standard InChI is InChI=1S/C14H20N2OS/c1-16(12-6-7-12)8-3-9-17-13-5-2-4-11(10-13)14(15)18/h2,4-5,10,12H,3,6-9H2,1H3,(H2,15,18). The van der Waals surface area contributed by atoms with Crippen LogP contribution in [0.4, 0.5) is 0 Å². The minimum absolute atomic E-state index is 0.411. The normalized spacial score (nSPS) is 14.8. The van der Waals surface area contributed by atoms with Crippen LogP contribution in [-0.2, 0) is 0 Å². The van der Waals surface area contributed by atoms with Crippen LogP contribution in [0.3, 0.4) is 0 Å². The molecule has 2 N–H and O–H groups in total. The van der Waals surface area contributed by atoms with Gasteiger partial charge in [-0.15, -0.1) is 0 Å². The lowest BCUT2D eigenvalue weighted by Gasteiger charge is -2.15. The van der Waals surface area contributed by atoms with Crippen molar-refractivity contribution in [1.82, 2.24) is 4.90 Å². The third kappa shape index (κ3) is 3.96. The van der Waals surface area contributed by atoms with Crippen molar-refractivity contribution in [2.24, 2.45) is 5.73 Å². The molecular formula is C14H20N2OS. The molecule has 0 radical (unpaired) electrons. The van der Waals surface area contributed by atoms with Crippen LogP contribution < -0.4 is 10.5 Å². The first-order valence-corrected chi connectivity index (χ1v) is 6.80. The topological polar surface area (TPSA) is 38.5 Å². The summed E-state index contributed by atoms with van der Waals surface area (Å²) in [5.41, 5.74) is 6.45. The Balaban J connectivity index is 1.72. The maximum Gasteiger partial charge on any atom is 0.119 e. The van der Waals surface area contributed by atoms with E-state index in [9.17, 15) is 0 Å². The summed E-state index contributed by atoms with van der Waals surface area (Å²) in [7, 11) is 2.19. The van der Waals surface area contributed by atoms with Crippen molar-refractivity contribution in [2.75, 3.05) is 20.2 Å². The van der Waals surface area contributed by atoms with Crippen molar-refractivity contribution in [3.05, 3.63) is 29.8 Å². The molecule has 2 rings (SSSR count). The van der Waals surface area contributed by atoms with Crippen LogP contribution in [0, 0.1) is 0 Å². The highest BCUT2D eigenvalue weighted by molar-refractivity contribution is 7.80. The highest BCUT2D eigenvalue weighted by Gasteiger charge is 2.25. The molecule has 18 heavy (non-hydrogen) atoms. The summed E-state index contributed by atoms with van der Waals surface area (Å²) in [4.78, 5) is 2.82. The molecule has 3 nitrogen and oxygen atoms in total. The number of benzene rings is 1. The molecule has 1 aliphatic rings. The minimum Gasteiger partial charge on any atom is -0.494 e. The quantitative estimate of drug-likeness (QED) is 0.605. The lowest BCUT2D eigenvalue weighted by molar-refractivity contribution is 0.258. The Bertz CT molecular complexity index is 418. The van der Waals surface area contributed by atoms with Gasteiger partial charge in [-0.3, -0.25) is 0 Å². The van der Waals surface area contributed by atoms with Crippen molar-refractivity contribution in [3.8, 4) is 5.75 Å². The van der Waals surface area contributed by atoms with E-state index in [1.807, 2.05) is 24.3 Å². The van der Waals surface area contributed by atoms with Crippen LogP contribution in [0.1, 0.15) is 24.8 Å². The number of nitrogens with two attached hydrogens (primary N) is 1. The van der Waals surface area contributed by atoms with Gasteiger partial charge in [0.1, 0.15) is 10.7 Å². The summed E-state index contributed by atoms with van der Waals surface area (Å²) in [5, 5.41) is 0. The zero-order valence-electron chi connectivity index (χ0n) is 10.8. The van der Waals surface area contributed by atoms with E-state index in [-0.39, 0.29) is 0 Å². The van der Waals surface area contributed by atoms with Gasteiger partial charge in [-0.05, 0) is 38.4 Å². The van der Waals surface area contributed by atoms with Gasteiger partial charge >= 0.3 is 0 Å². The number of hydrogen-bond acceptors (Lipinski definition) is 3. The number of thiocarbonyl (C=S) groups is 1. The Labute approximate surface area is 114 Å². The molecule has 1 saturated carbocycles. The maximum atomic E-state index is 5.71. The average molecular weight is 264 g/mol. The lowest BCUT2D eigenvalue weighted by Crippen LogP contribution is -2.23. The van der Waals surface area contributed by atoms with E-state index in [0.29, 0.717) is 4.99 Å². The summed E-state index contributed by atoms with van der Waals surface area (Å²) in [6, 6.07) is 8.47. The van der Waals surface area contributed by atoms with E-state index < -0.39 is 0 Å². The molecule has 1 aliphatic carbocycles. The molecular weight excluding hydrogens is 244 g/mol. The Morgan fingerprint density at radius 3 is 2.94 bits per heavy atom. The number of hydrogen-bond donors (Lipinski definition) is 1. The second-order valence-electron chi connectivity index (χ2n) is 4.81. The predicted molar refractivity (Wildman–Crippen MR) is 78.1 cm³/mol. The van der Waals surface area contributed by atoms with Gasteiger partial charge in [0.15, 0.2) is 0 Å². The van der Waals surface area contributed by atoms with Gasteiger partial charge in [-0.25, -0.2) is 0 Å². The number of nitrogens with zero attached hydrogens (tertiary/aromatic N) is 1. The largest absolute Gasteiger partial charge is 0.494 e. The van der Waals surface area contributed by atoms with Gasteiger partial charge in [-0.1, -0.05) is 24.4 Å². The van der Waals surface area contributed by atoms with Crippen LogP contribution in [0.5, 0.6) is 5.75 Å². The first-order valence-electron chi connectivity index (χ1n) is 6.40. The van der Waals surface area contributed by atoms with E-state index in [2.05, 4.69) is 11.9 Å². The fourth-order valence-corrected chi connectivity index (χ4v) is 2.07. The molecule has 98 valence electrons. The molecule has 0 bridgehead atoms. The summed E-state index contributed by atoms with van der Waals surface area (Å²) in [6.45, 7) is 1.83. The lowest BCUT2D eigenvalue weighted by atomic mass is 10.2. The van der Waals surface area contributed by atoms with Gasteiger partial charge in [-0.2, -0.15) is 0 Å². The van der Waals surface area contributed by atoms with Crippen LogP contribution in [0.2, 0.25) is 0 Å². The Hall–Kier alpha value is -1.13. The Kier molecular flexibility index (Phi) is 4.55. The third-order valence-corrected chi connectivity index (χ3v) is 3.45. The van der Waals surface area contributed by atoms with Gasteiger partial charge in [0.25, 0.3) is 0 Å². The summed E-state index contributed by atoms with van der Waals surface area (Å²) < 4.78 is 5.71.